The summed E-state index contributed by atoms with van der Waals surface area (Å²) in [6.07, 6.45) is -0.403. The van der Waals surface area contributed by atoms with Crippen LogP contribution in [0.15, 0.2) is 48.5 Å². The second-order valence-electron chi connectivity index (χ2n) is 5.15. The van der Waals surface area contributed by atoms with E-state index in [2.05, 4.69) is 5.32 Å². The summed E-state index contributed by atoms with van der Waals surface area (Å²) in [5.41, 5.74) is 3.04. The van der Waals surface area contributed by atoms with Crippen molar-refractivity contribution >= 4 is 11.7 Å². The van der Waals surface area contributed by atoms with Crippen molar-refractivity contribution in [3.8, 4) is 5.75 Å². The van der Waals surface area contributed by atoms with Gasteiger partial charge in [-0.05, 0) is 17.7 Å². The van der Waals surface area contributed by atoms with Gasteiger partial charge in [-0.3, -0.25) is 0 Å². The number of carbonyl (C=O) groups is 1. The number of nitrogens with one attached hydrogen (secondary N) is 1. The highest BCUT2D eigenvalue weighted by Crippen LogP contribution is 2.48. The molecule has 4 rings (SSSR count). The molecule has 0 radical (unpaired) electrons. The van der Waals surface area contributed by atoms with Crippen molar-refractivity contribution in [1.82, 2.24) is 0 Å². The topological polar surface area (TPSA) is 58.6 Å². The summed E-state index contributed by atoms with van der Waals surface area (Å²) in [5, 5.41) is 12.5. The maximum atomic E-state index is 11.5. The van der Waals surface area contributed by atoms with E-state index in [-0.39, 0.29) is 5.92 Å². The van der Waals surface area contributed by atoms with Gasteiger partial charge in [0.2, 0.25) is 0 Å². The third-order valence-electron chi connectivity index (χ3n) is 4.05. The molecular formula is C16H13NO3. The van der Waals surface area contributed by atoms with Gasteiger partial charge >= 0.3 is 5.97 Å². The number of hydrogen-bond acceptors (Lipinski definition) is 3. The van der Waals surface area contributed by atoms with Crippen LogP contribution in [0.25, 0.3) is 0 Å². The third-order valence-corrected chi connectivity index (χ3v) is 4.05. The van der Waals surface area contributed by atoms with Gasteiger partial charge in [-0.2, -0.15) is 0 Å². The first-order valence-corrected chi connectivity index (χ1v) is 6.59. The van der Waals surface area contributed by atoms with Gasteiger partial charge in [0.15, 0.2) is 6.04 Å². The Labute approximate surface area is 116 Å². The Morgan fingerprint density at radius 2 is 1.75 bits per heavy atom. The number of hydrogen-bond donors (Lipinski definition) is 2. The van der Waals surface area contributed by atoms with Crippen LogP contribution >= 0.6 is 0 Å². The second kappa shape index (κ2) is 4.00. The molecule has 3 atom stereocenters. The van der Waals surface area contributed by atoms with E-state index in [1.54, 1.807) is 0 Å². The van der Waals surface area contributed by atoms with Crippen LogP contribution in [0.3, 0.4) is 0 Å². The van der Waals surface area contributed by atoms with Crippen LogP contribution in [-0.2, 0) is 4.79 Å². The molecule has 100 valence electrons. The molecule has 0 saturated carbocycles. The highest BCUT2D eigenvalue weighted by molar-refractivity contribution is 5.82. The number of rotatable bonds is 1. The number of para-hydroxylation sites is 2. The molecule has 4 nitrogen and oxygen atoms in total. The van der Waals surface area contributed by atoms with E-state index >= 15 is 0 Å². The van der Waals surface area contributed by atoms with E-state index in [4.69, 9.17) is 4.74 Å². The van der Waals surface area contributed by atoms with Crippen molar-refractivity contribution in [2.45, 2.75) is 18.1 Å². The van der Waals surface area contributed by atoms with E-state index in [1.165, 1.54) is 0 Å². The summed E-state index contributed by atoms with van der Waals surface area (Å²) in [6.45, 7) is 0. The van der Waals surface area contributed by atoms with Crippen molar-refractivity contribution in [3.05, 3.63) is 59.7 Å². The average molecular weight is 267 g/mol. The number of benzene rings is 2. The van der Waals surface area contributed by atoms with Crippen molar-refractivity contribution in [2.75, 3.05) is 5.32 Å². The number of ether oxygens (including phenoxy) is 1. The van der Waals surface area contributed by atoms with E-state index < -0.39 is 18.1 Å². The summed E-state index contributed by atoms with van der Waals surface area (Å²) in [4.78, 5) is 11.5. The Kier molecular flexibility index (Phi) is 2.27. The molecule has 2 heterocycles. The first-order valence-electron chi connectivity index (χ1n) is 6.59. The predicted molar refractivity (Wildman–Crippen MR) is 74.2 cm³/mol. The number of carboxylic acids is 1. The Bertz CT molecular complexity index is 698. The number of fused-ring (bicyclic) bond motifs is 5. The zero-order chi connectivity index (χ0) is 13.7. The monoisotopic (exact) mass is 267 g/mol. The number of carboxylic acid groups (broad SMARTS) is 1. The highest BCUT2D eigenvalue weighted by atomic mass is 16.5. The second-order valence-corrected chi connectivity index (χ2v) is 5.15. The van der Waals surface area contributed by atoms with Gasteiger partial charge < -0.3 is 15.2 Å². The summed E-state index contributed by atoms with van der Waals surface area (Å²) in [5.74, 6) is -0.126. The Balaban J connectivity index is 1.92. The van der Waals surface area contributed by atoms with Crippen LogP contribution in [0.5, 0.6) is 5.75 Å². The SMILES string of the molecule is O=C(O)C1Nc2ccccc2C2c3ccccc3OC12. The molecule has 2 N–H and O–H groups in total. The summed E-state index contributed by atoms with van der Waals surface area (Å²) < 4.78 is 5.90. The largest absolute Gasteiger partial charge is 0.486 e. The van der Waals surface area contributed by atoms with Gasteiger partial charge in [0.25, 0.3) is 0 Å². The minimum atomic E-state index is -0.887. The fourth-order valence-corrected chi connectivity index (χ4v) is 3.19. The van der Waals surface area contributed by atoms with Crippen LogP contribution < -0.4 is 10.1 Å². The fourth-order valence-electron chi connectivity index (χ4n) is 3.19. The highest BCUT2D eigenvalue weighted by Gasteiger charge is 2.47. The minimum Gasteiger partial charge on any atom is -0.486 e. The molecule has 2 aromatic carbocycles. The molecule has 2 aliphatic heterocycles. The molecule has 0 aromatic heterocycles. The molecule has 0 amide bonds. The van der Waals surface area contributed by atoms with Crippen molar-refractivity contribution in [2.24, 2.45) is 0 Å². The molecular weight excluding hydrogens is 254 g/mol. The number of anilines is 1. The minimum absolute atomic E-state index is 0.0234. The van der Waals surface area contributed by atoms with Gasteiger partial charge in [-0.1, -0.05) is 36.4 Å². The van der Waals surface area contributed by atoms with E-state index in [9.17, 15) is 9.90 Å². The lowest BCUT2D eigenvalue weighted by atomic mass is 9.81. The van der Waals surface area contributed by atoms with Crippen molar-refractivity contribution in [3.63, 3.8) is 0 Å². The quantitative estimate of drug-likeness (QED) is 0.833. The van der Waals surface area contributed by atoms with Crippen LogP contribution in [0.4, 0.5) is 5.69 Å². The molecule has 0 bridgehead atoms. The van der Waals surface area contributed by atoms with Crippen LogP contribution in [0, 0.1) is 0 Å². The predicted octanol–water partition coefficient (Wildman–Crippen LogP) is 2.46. The zero-order valence-corrected chi connectivity index (χ0v) is 10.6. The Hall–Kier alpha value is -2.49. The molecule has 0 spiro atoms. The Morgan fingerprint density at radius 3 is 2.55 bits per heavy atom. The normalized spacial score (nSPS) is 25.7. The molecule has 20 heavy (non-hydrogen) atoms. The molecule has 2 aliphatic rings. The van der Waals surface area contributed by atoms with E-state index in [0.29, 0.717) is 0 Å². The van der Waals surface area contributed by atoms with Crippen LogP contribution in [0.1, 0.15) is 17.0 Å². The van der Waals surface area contributed by atoms with Crippen molar-refractivity contribution < 1.29 is 14.6 Å². The molecule has 0 aliphatic carbocycles. The maximum absolute atomic E-state index is 11.5. The van der Waals surface area contributed by atoms with Crippen LogP contribution in [-0.4, -0.2) is 23.2 Å². The molecule has 3 unspecified atom stereocenters. The maximum Gasteiger partial charge on any atom is 0.330 e. The standard InChI is InChI=1S/C16H13NO3/c18-16(19)14-15-13(9-5-1-3-7-11(9)17-14)10-6-2-4-8-12(10)20-15/h1-8,13-15,17H,(H,18,19). The summed E-state index contributed by atoms with van der Waals surface area (Å²) in [6, 6.07) is 14.9. The van der Waals surface area contributed by atoms with Gasteiger partial charge in [0, 0.05) is 11.3 Å². The molecule has 2 aromatic rings. The number of aliphatic carboxylic acids is 1. The Morgan fingerprint density at radius 1 is 1.05 bits per heavy atom. The molecule has 4 heteroatoms. The lowest BCUT2D eigenvalue weighted by Crippen LogP contribution is -2.48. The fraction of sp³-hybridized carbons (Fsp3) is 0.188. The zero-order valence-electron chi connectivity index (χ0n) is 10.6. The third kappa shape index (κ3) is 1.45. The van der Waals surface area contributed by atoms with Gasteiger partial charge in [-0.25, -0.2) is 4.79 Å². The van der Waals surface area contributed by atoms with Gasteiger partial charge in [0.1, 0.15) is 11.9 Å². The molecule has 0 saturated heterocycles. The smallest absolute Gasteiger partial charge is 0.330 e. The van der Waals surface area contributed by atoms with Gasteiger partial charge in [0.05, 0.1) is 5.92 Å². The summed E-state index contributed by atoms with van der Waals surface area (Å²) in [7, 11) is 0. The first-order chi connectivity index (χ1) is 9.75. The van der Waals surface area contributed by atoms with Crippen molar-refractivity contribution in [1.29, 1.82) is 0 Å². The lowest BCUT2D eigenvalue weighted by molar-refractivity contribution is -0.140. The first kappa shape index (κ1) is 11.3. The summed E-state index contributed by atoms with van der Waals surface area (Å²) >= 11 is 0. The lowest BCUT2D eigenvalue weighted by Gasteiger charge is -2.33. The van der Waals surface area contributed by atoms with Crippen LogP contribution in [0.2, 0.25) is 0 Å². The molecule has 0 fully saturated rings. The van der Waals surface area contributed by atoms with E-state index in [1.807, 2.05) is 48.5 Å². The average Bonchev–Trinajstić information content (AvgIpc) is 2.85. The van der Waals surface area contributed by atoms with Gasteiger partial charge in [-0.15, -0.1) is 0 Å². The van der Waals surface area contributed by atoms with E-state index in [0.717, 1.165) is 22.6 Å².